The molecular formula is C32H31N5O3S. The Morgan fingerprint density at radius 2 is 1.73 bits per heavy atom. The van der Waals surface area contributed by atoms with Crippen LogP contribution >= 0.6 is 0 Å². The Labute approximate surface area is 239 Å². The van der Waals surface area contributed by atoms with E-state index < -0.39 is 9.84 Å². The molecule has 0 bridgehead atoms. The highest BCUT2D eigenvalue weighted by Crippen LogP contribution is 2.35. The highest BCUT2D eigenvalue weighted by atomic mass is 32.2. The molecule has 0 saturated heterocycles. The summed E-state index contributed by atoms with van der Waals surface area (Å²) in [6, 6.07) is 16.9. The van der Waals surface area contributed by atoms with Crippen LogP contribution in [0.15, 0.2) is 76.9 Å². The van der Waals surface area contributed by atoms with E-state index in [1.807, 2.05) is 31.2 Å². The fourth-order valence-electron chi connectivity index (χ4n) is 5.44. The number of amides is 1. The van der Waals surface area contributed by atoms with E-state index in [9.17, 15) is 13.2 Å². The molecule has 208 valence electrons. The van der Waals surface area contributed by atoms with Gasteiger partial charge in [-0.15, -0.1) is 0 Å². The molecule has 2 N–H and O–H groups in total. The van der Waals surface area contributed by atoms with Crippen LogP contribution in [0.2, 0.25) is 0 Å². The van der Waals surface area contributed by atoms with Gasteiger partial charge in [-0.3, -0.25) is 4.79 Å². The van der Waals surface area contributed by atoms with Crippen molar-refractivity contribution in [2.75, 3.05) is 20.6 Å². The largest absolute Gasteiger partial charge is 0.345 e. The number of aryl methyl sites for hydroxylation is 2. The van der Waals surface area contributed by atoms with E-state index in [0.29, 0.717) is 27.9 Å². The van der Waals surface area contributed by atoms with Crippen LogP contribution in [0.3, 0.4) is 0 Å². The third-order valence-corrected chi connectivity index (χ3v) is 9.32. The second-order valence-corrected chi connectivity index (χ2v) is 12.6. The summed E-state index contributed by atoms with van der Waals surface area (Å²) in [4.78, 5) is 26.2. The van der Waals surface area contributed by atoms with E-state index >= 15 is 0 Å². The first-order chi connectivity index (χ1) is 19.6. The van der Waals surface area contributed by atoms with Gasteiger partial charge in [0.05, 0.1) is 11.1 Å². The van der Waals surface area contributed by atoms with Crippen molar-refractivity contribution in [2.24, 2.45) is 0 Å². The minimum Gasteiger partial charge on any atom is -0.345 e. The summed E-state index contributed by atoms with van der Waals surface area (Å²) in [5.41, 5.74) is 9.05. The number of rotatable bonds is 5. The van der Waals surface area contributed by atoms with Gasteiger partial charge in [0.1, 0.15) is 5.52 Å². The number of aromatic nitrogens is 3. The number of hydrogen-bond acceptors (Lipinski definition) is 6. The smallest absolute Gasteiger partial charge is 0.253 e. The molecule has 2 aromatic heterocycles. The van der Waals surface area contributed by atoms with Crippen molar-refractivity contribution in [3.05, 3.63) is 94.8 Å². The van der Waals surface area contributed by atoms with Gasteiger partial charge in [-0.1, -0.05) is 36.4 Å². The SMILES string of the molecule is Cc1ccc(-c2cc(C)c3c(c2)CCNC3)c(S(=O)(=O)c2cnc3[nH]cc(-c4ccc(C(=O)N(C)C)cc4)c3n2)c1. The maximum Gasteiger partial charge on any atom is 0.253 e. The molecule has 1 aliphatic rings. The Hall–Kier alpha value is -4.34. The van der Waals surface area contributed by atoms with Crippen molar-refractivity contribution in [1.82, 2.24) is 25.2 Å². The van der Waals surface area contributed by atoms with Crippen LogP contribution in [-0.4, -0.2) is 54.8 Å². The van der Waals surface area contributed by atoms with E-state index in [1.165, 1.54) is 22.2 Å². The summed E-state index contributed by atoms with van der Waals surface area (Å²) in [5.74, 6) is -0.0941. The van der Waals surface area contributed by atoms with Crippen LogP contribution in [0.5, 0.6) is 0 Å². The number of carbonyl (C=O) groups excluding carboxylic acids is 1. The zero-order valence-electron chi connectivity index (χ0n) is 23.4. The lowest BCUT2D eigenvalue weighted by Gasteiger charge is -2.21. The molecule has 3 aromatic carbocycles. The molecule has 1 aliphatic heterocycles. The van der Waals surface area contributed by atoms with Crippen molar-refractivity contribution in [3.8, 4) is 22.3 Å². The predicted octanol–water partition coefficient (Wildman–Crippen LogP) is 5.09. The normalized spacial score (nSPS) is 13.3. The highest BCUT2D eigenvalue weighted by molar-refractivity contribution is 7.91. The molecule has 0 atom stereocenters. The van der Waals surface area contributed by atoms with Gasteiger partial charge < -0.3 is 15.2 Å². The molecule has 8 nitrogen and oxygen atoms in total. The molecule has 0 unspecified atom stereocenters. The molecule has 0 aliphatic carbocycles. The lowest BCUT2D eigenvalue weighted by molar-refractivity contribution is 0.0827. The Balaban J connectivity index is 1.44. The number of hydrogen-bond donors (Lipinski definition) is 2. The number of fused-ring (bicyclic) bond motifs is 2. The number of benzene rings is 3. The Morgan fingerprint density at radius 1 is 0.951 bits per heavy atom. The minimum atomic E-state index is -4.02. The van der Waals surface area contributed by atoms with E-state index in [-0.39, 0.29) is 15.8 Å². The third kappa shape index (κ3) is 4.81. The molecular weight excluding hydrogens is 534 g/mol. The van der Waals surface area contributed by atoms with Gasteiger partial charge in [0.25, 0.3) is 5.91 Å². The van der Waals surface area contributed by atoms with Gasteiger partial charge in [-0.25, -0.2) is 18.4 Å². The summed E-state index contributed by atoms with van der Waals surface area (Å²) in [6.07, 6.45) is 3.97. The van der Waals surface area contributed by atoms with Gasteiger partial charge in [0, 0.05) is 43.5 Å². The van der Waals surface area contributed by atoms with Crippen LogP contribution in [-0.2, 0) is 22.8 Å². The Bertz CT molecular complexity index is 1930. The molecule has 1 amide bonds. The van der Waals surface area contributed by atoms with Crippen LogP contribution in [0.1, 0.15) is 32.6 Å². The number of carbonyl (C=O) groups is 1. The summed E-state index contributed by atoms with van der Waals surface area (Å²) in [5, 5.41) is 3.30. The standard InChI is InChI=1S/C32H31N5O3S/c1-19-5-10-25(24-14-20(2)26-16-33-12-11-23(26)15-24)28(13-19)41(39,40)29-18-35-31-30(36-29)27(17-34-31)21-6-8-22(9-7-21)32(38)37(3)4/h5-10,13-15,17-18,33H,11-12,16H2,1-4H3,(H,34,35). The number of H-pyrrole nitrogens is 1. The van der Waals surface area contributed by atoms with E-state index in [1.54, 1.807) is 38.5 Å². The quantitative estimate of drug-likeness (QED) is 0.307. The lowest BCUT2D eigenvalue weighted by atomic mass is 9.91. The van der Waals surface area contributed by atoms with Crippen LogP contribution in [0.4, 0.5) is 0 Å². The molecule has 9 heteroatoms. The fourth-order valence-corrected chi connectivity index (χ4v) is 6.88. The first-order valence-corrected chi connectivity index (χ1v) is 15.0. The zero-order chi connectivity index (χ0) is 28.9. The Kier molecular flexibility index (Phi) is 6.71. The van der Waals surface area contributed by atoms with Gasteiger partial charge in [0.15, 0.2) is 10.7 Å². The van der Waals surface area contributed by atoms with Crippen molar-refractivity contribution in [1.29, 1.82) is 0 Å². The van der Waals surface area contributed by atoms with Crippen molar-refractivity contribution < 1.29 is 13.2 Å². The third-order valence-electron chi connectivity index (χ3n) is 7.66. The highest BCUT2D eigenvalue weighted by Gasteiger charge is 2.26. The predicted molar refractivity (Wildman–Crippen MR) is 160 cm³/mol. The first kappa shape index (κ1) is 26.9. The van der Waals surface area contributed by atoms with E-state index in [2.05, 4.69) is 39.3 Å². The second-order valence-electron chi connectivity index (χ2n) is 10.7. The molecule has 41 heavy (non-hydrogen) atoms. The molecule has 0 radical (unpaired) electrons. The van der Waals surface area contributed by atoms with Crippen molar-refractivity contribution >= 4 is 26.9 Å². The van der Waals surface area contributed by atoms with Crippen LogP contribution < -0.4 is 5.32 Å². The summed E-state index contributed by atoms with van der Waals surface area (Å²) >= 11 is 0. The molecule has 5 aromatic rings. The monoisotopic (exact) mass is 565 g/mol. The number of nitrogens with zero attached hydrogens (tertiary/aromatic N) is 3. The number of nitrogens with one attached hydrogen (secondary N) is 2. The first-order valence-electron chi connectivity index (χ1n) is 13.5. The fraction of sp³-hybridized carbons (Fsp3) is 0.219. The topological polar surface area (TPSA) is 108 Å². The van der Waals surface area contributed by atoms with Gasteiger partial charge in [-0.2, -0.15) is 0 Å². The second kappa shape index (κ2) is 10.2. The number of aromatic amines is 1. The van der Waals surface area contributed by atoms with Gasteiger partial charge >= 0.3 is 0 Å². The van der Waals surface area contributed by atoms with Crippen molar-refractivity contribution in [2.45, 2.75) is 36.7 Å². The summed E-state index contributed by atoms with van der Waals surface area (Å²) in [7, 11) is -0.609. The molecule has 3 heterocycles. The van der Waals surface area contributed by atoms with Crippen LogP contribution in [0.25, 0.3) is 33.4 Å². The lowest BCUT2D eigenvalue weighted by Crippen LogP contribution is -2.24. The van der Waals surface area contributed by atoms with E-state index in [0.717, 1.165) is 41.8 Å². The average Bonchev–Trinajstić information content (AvgIpc) is 3.40. The summed E-state index contributed by atoms with van der Waals surface area (Å²) in [6.45, 7) is 5.69. The minimum absolute atomic E-state index is 0.0941. The Morgan fingerprint density at radius 3 is 2.49 bits per heavy atom. The molecule has 6 rings (SSSR count). The summed E-state index contributed by atoms with van der Waals surface area (Å²) < 4.78 is 28.4. The molecule has 0 saturated carbocycles. The van der Waals surface area contributed by atoms with E-state index in [4.69, 9.17) is 0 Å². The molecule has 0 spiro atoms. The average molecular weight is 566 g/mol. The number of sulfone groups is 1. The maximum atomic E-state index is 14.2. The van der Waals surface area contributed by atoms with Crippen LogP contribution in [0, 0.1) is 13.8 Å². The zero-order valence-corrected chi connectivity index (χ0v) is 24.3. The van der Waals surface area contributed by atoms with Crippen molar-refractivity contribution in [3.63, 3.8) is 0 Å². The van der Waals surface area contributed by atoms with Gasteiger partial charge in [-0.05, 0) is 78.4 Å². The molecule has 0 fully saturated rings. The maximum absolute atomic E-state index is 14.2. The van der Waals surface area contributed by atoms with Gasteiger partial charge in [0.2, 0.25) is 9.84 Å².